The predicted octanol–water partition coefficient (Wildman–Crippen LogP) is 1.97. The van der Waals surface area contributed by atoms with Crippen molar-refractivity contribution < 1.29 is 9.47 Å². The van der Waals surface area contributed by atoms with Gasteiger partial charge in [0.2, 0.25) is 5.96 Å². The molecule has 7 nitrogen and oxygen atoms in total. The molecule has 0 atom stereocenters. The van der Waals surface area contributed by atoms with Crippen LogP contribution >= 0.6 is 0 Å². The highest BCUT2D eigenvalue weighted by atomic mass is 16.5. The molecule has 0 aliphatic carbocycles. The van der Waals surface area contributed by atoms with Crippen LogP contribution in [0.4, 0.5) is 5.69 Å². The van der Waals surface area contributed by atoms with Crippen LogP contribution in [0.3, 0.4) is 0 Å². The van der Waals surface area contributed by atoms with Gasteiger partial charge in [0.1, 0.15) is 11.5 Å². The van der Waals surface area contributed by atoms with E-state index in [1.165, 1.54) is 32.4 Å². The Labute approximate surface area is 154 Å². The molecule has 3 aliphatic rings. The molecule has 0 amide bonds. The van der Waals surface area contributed by atoms with Gasteiger partial charge in [-0.2, -0.15) is 0 Å². The Bertz CT molecular complexity index is 725. The van der Waals surface area contributed by atoms with Crippen LogP contribution in [0.1, 0.15) is 31.2 Å². The van der Waals surface area contributed by atoms with Gasteiger partial charge in [0.05, 0.1) is 20.3 Å². The summed E-state index contributed by atoms with van der Waals surface area (Å²) in [4.78, 5) is 13.6. The molecule has 4 rings (SSSR count). The third-order valence-electron chi connectivity index (χ3n) is 5.21. The number of nitrogens with zero attached hydrogens (tertiary/aromatic N) is 4. The fraction of sp³-hybridized carbons (Fsp3) is 0.579. The Hall–Kier alpha value is -2.28. The van der Waals surface area contributed by atoms with Gasteiger partial charge in [0.15, 0.2) is 11.5 Å². The highest BCUT2D eigenvalue weighted by Crippen LogP contribution is 2.43. The molecule has 1 fully saturated rings. The number of hydrogen-bond acceptors (Lipinski definition) is 7. The topological polar surface area (TPSA) is 75.7 Å². The molecule has 0 saturated carbocycles. The van der Waals surface area contributed by atoms with Gasteiger partial charge >= 0.3 is 0 Å². The van der Waals surface area contributed by atoms with E-state index < -0.39 is 0 Å². The first kappa shape index (κ1) is 17.1. The number of piperidine rings is 1. The fourth-order valence-electron chi connectivity index (χ4n) is 3.88. The van der Waals surface area contributed by atoms with Crippen molar-refractivity contribution in [1.82, 2.24) is 9.80 Å². The highest BCUT2D eigenvalue weighted by Gasteiger charge is 2.31. The number of rotatable bonds is 6. The number of amidine groups is 1. The van der Waals surface area contributed by atoms with Crippen molar-refractivity contribution in [3.8, 4) is 11.5 Å². The van der Waals surface area contributed by atoms with E-state index in [1.807, 2.05) is 17.0 Å². The van der Waals surface area contributed by atoms with Crippen molar-refractivity contribution in [3.05, 3.63) is 17.7 Å². The third kappa shape index (κ3) is 3.23. The zero-order chi connectivity index (χ0) is 17.9. The molecule has 2 N–H and O–H groups in total. The Balaban J connectivity index is 1.45. The molecular weight excluding hydrogens is 330 g/mol. The summed E-state index contributed by atoms with van der Waals surface area (Å²) in [6.07, 6.45) is 5.01. The first-order valence-electron chi connectivity index (χ1n) is 9.50. The number of benzene rings is 1. The van der Waals surface area contributed by atoms with Crippen molar-refractivity contribution in [2.45, 2.75) is 25.7 Å². The second-order valence-corrected chi connectivity index (χ2v) is 6.92. The largest absolute Gasteiger partial charge is 0.491 e. The Morgan fingerprint density at radius 2 is 2.00 bits per heavy atom. The average Bonchev–Trinajstić information content (AvgIpc) is 3.16. The van der Waals surface area contributed by atoms with E-state index in [4.69, 9.17) is 15.2 Å². The average molecular weight is 357 g/mol. The number of guanidine groups is 1. The summed E-state index contributed by atoms with van der Waals surface area (Å²) in [5.74, 6) is 2.70. The third-order valence-corrected chi connectivity index (χ3v) is 5.21. The minimum Gasteiger partial charge on any atom is -0.491 e. The molecule has 7 heteroatoms. The monoisotopic (exact) mass is 357 g/mol. The van der Waals surface area contributed by atoms with Crippen LogP contribution in [0.5, 0.6) is 11.5 Å². The molecule has 3 aliphatic heterocycles. The fourth-order valence-corrected chi connectivity index (χ4v) is 3.88. The van der Waals surface area contributed by atoms with Crippen molar-refractivity contribution in [3.63, 3.8) is 0 Å². The van der Waals surface area contributed by atoms with Crippen molar-refractivity contribution in [1.29, 1.82) is 0 Å². The molecule has 0 bridgehead atoms. The first-order valence-corrected chi connectivity index (χ1v) is 9.50. The molecule has 3 heterocycles. The van der Waals surface area contributed by atoms with Crippen molar-refractivity contribution in [2.24, 2.45) is 15.7 Å². The summed E-state index contributed by atoms with van der Waals surface area (Å²) in [5.41, 5.74) is 7.78. The van der Waals surface area contributed by atoms with E-state index in [9.17, 15) is 0 Å². The molecule has 0 unspecified atom stereocenters. The molecule has 1 saturated heterocycles. The molecule has 140 valence electrons. The SMILES string of the molecule is COc1c(OCCCN2CCCCC2)ccc2c1N=C(N)N1CCN=C21. The number of fused-ring (bicyclic) bond motifs is 3. The Morgan fingerprint density at radius 1 is 1.15 bits per heavy atom. The number of methoxy groups -OCH3 is 1. The van der Waals surface area contributed by atoms with Gasteiger partial charge in [0, 0.05) is 18.7 Å². The van der Waals surface area contributed by atoms with Crippen LogP contribution in [0, 0.1) is 0 Å². The molecule has 1 aromatic carbocycles. The Morgan fingerprint density at radius 3 is 2.81 bits per heavy atom. The smallest absolute Gasteiger partial charge is 0.202 e. The lowest BCUT2D eigenvalue weighted by atomic mass is 10.1. The summed E-state index contributed by atoms with van der Waals surface area (Å²) in [6.45, 7) is 5.70. The summed E-state index contributed by atoms with van der Waals surface area (Å²) in [7, 11) is 1.64. The maximum Gasteiger partial charge on any atom is 0.202 e. The lowest BCUT2D eigenvalue weighted by Crippen LogP contribution is -2.42. The van der Waals surface area contributed by atoms with Gasteiger partial charge < -0.3 is 20.1 Å². The quantitative estimate of drug-likeness (QED) is 0.788. The maximum atomic E-state index is 6.11. The summed E-state index contributed by atoms with van der Waals surface area (Å²) < 4.78 is 11.6. The van der Waals surface area contributed by atoms with Gasteiger partial charge in [-0.15, -0.1) is 0 Å². The summed E-state index contributed by atoms with van der Waals surface area (Å²) in [5, 5.41) is 0. The van der Waals surface area contributed by atoms with Crippen LogP contribution < -0.4 is 15.2 Å². The van der Waals surface area contributed by atoms with E-state index >= 15 is 0 Å². The molecule has 0 spiro atoms. The molecular formula is C19H27N5O2. The number of aliphatic imine (C=N–C) groups is 2. The number of nitrogens with two attached hydrogens (primary N) is 1. The summed E-state index contributed by atoms with van der Waals surface area (Å²) in [6, 6.07) is 3.96. The van der Waals surface area contributed by atoms with Gasteiger partial charge in [0.25, 0.3) is 0 Å². The van der Waals surface area contributed by atoms with E-state index in [2.05, 4.69) is 14.9 Å². The molecule has 0 aromatic heterocycles. The number of likely N-dealkylation sites (tertiary alicyclic amines) is 1. The maximum absolute atomic E-state index is 6.11. The van der Waals surface area contributed by atoms with E-state index in [1.54, 1.807) is 7.11 Å². The minimum atomic E-state index is 0.467. The number of ether oxygens (including phenoxy) is 2. The molecule has 1 aromatic rings. The zero-order valence-corrected chi connectivity index (χ0v) is 15.4. The zero-order valence-electron chi connectivity index (χ0n) is 15.4. The van der Waals surface area contributed by atoms with Crippen molar-refractivity contribution in [2.75, 3.05) is 46.4 Å². The van der Waals surface area contributed by atoms with E-state index in [0.29, 0.717) is 24.1 Å². The lowest BCUT2D eigenvalue weighted by molar-refractivity contribution is 0.203. The summed E-state index contributed by atoms with van der Waals surface area (Å²) >= 11 is 0. The highest BCUT2D eigenvalue weighted by molar-refractivity contribution is 6.16. The standard InChI is InChI=1S/C19H27N5O2/c1-25-17-15(26-13-5-11-23-9-3-2-4-10-23)7-6-14-16(17)22-19(20)24-12-8-21-18(14)24/h6-7H,2-5,8-13H2,1H3,(H2,20,22). The Kier molecular flexibility index (Phi) is 4.97. The van der Waals surface area contributed by atoms with Crippen molar-refractivity contribution >= 4 is 17.5 Å². The molecule has 0 radical (unpaired) electrons. The van der Waals surface area contributed by atoms with Gasteiger partial charge in [-0.3, -0.25) is 9.89 Å². The normalized spacial score (nSPS) is 19.5. The van der Waals surface area contributed by atoms with Crippen LogP contribution in [0.15, 0.2) is 22.1 Å². The van der Waals surface area contributed by atoms with E-state index in [-0.39, 0.29) is 0 Å². The van der Waals surface area contributed by atoms with Crippen LogP contribution in [0.25, 0.3) is 0 Å². The molecule has 26 heavy (non-hydrogen) atoms. The lowest BCUT2D eigenvalue weighted by Gasteiger charge is -2.27. The second-order valence-electron chi connectivity index (χ2n) is 6.92. The first-order chi connectivity index (χ1) is 12.8. The second kappa shape index (κ2) is 7.53. The van der Waals surface area contributed by atoms with Crippen LogP contribution in [0.2, 0.25) is 0 Å². The minimum absolute atomic E-state index is 0.467. The van der Waals surface area contributed by atoms with Crippen LogP contribution in [-0.4, -0.2) is 68.0 Å². The van der Waals surface area contributed by atoms with E-state index in [0.717, 1.165) is 43.1 Å². The predicted molar refractivity (Wildman–Crippen MR) is 103 cm³/mol. The van der Waals surface area contributed by atoms with Crippen LogP contribution in [-0.2, 0) is 0 Å². The van der Waals surface area contributed by atoms with Gasteiger partial charge in [-0.1, -0.05) is 6.42 Å². The van der Waals surface area contributed by atoms with Gasteiger partial charge in [-0.25, -0.2) is 4.99 Å². The number of hydrogen-bond donors (Lipinski definition) is 1. The van der Waals surface area contributed by atoms with Gasteiger partial charge in [-0.05, 0) is 44.5 Å².